The summed E-state index contributed by atoms with van der Waals surface area (Å²) in [5, 5.41) is 84.3. The van der Waals surface area contributed by atoms with Gasteiger partial charge in [-0.05, 0) is 6.42 Å². The monoisotopic (exact) mass is 668 g/mol. The van der Waals surface area contributed by atoms with E-state index in [-0.39, 0.29) is 6.61 Å². The predicted octanol–water partition coefficient (Wildman–Crippen LogP) is -4.27. The number of rotatable bonds is 15. The zero-order valence-corrected chi connectivity index (χ0v) is 25.1. The van der Waals surface area contributed by atoms with E-state index in [1.165, 1.54) is 0 Å². The first-order chi connectivity index (χ1) is 21.8. The number of hydrogen-bond acceptors (Lipinski definition) is 18. The molecule has 0 unspecified atom stereocenters. The zero-order chi connectivity index (χ0) is 34.1. The molecule has 0 amide bonds. The van der Waals surface area contributed by atoms with Gasteiger partial charge in [0.25, 0.3) is 0 Å². The molecule has 0 aromatic heterocycles. The summed E-state index contributed by atoms with van der Waals surface area (Å²) in [6, 6.07) is 0. The van der Waals surface area contributed by atoms with Crippen LogP contribution in [0, 0.1) is 0 Å². The van der Waals surface area contributed by atoms with Gasteiger partial charge in [0, 0.05) is 18.8 Å². The van der Waals surface area contributed by atoms with E-state index < -0.39 is 117 Å². The van der Waals surface area contributed by atoms with Crippen molar-refractivity contribution in [2.75, 3.05) is 26.4 Å². The molecule has 3 aliphatic rings. The Kier molecular flexibility index (Phi) is 14.9. The number of carbonyl (C=O) groups is 2. The number of aliphatic hydroxyl groups excluding tert-OH is 8. The Balaban J connectivity index is 1.80. The Hall–Kier alpha value is -2.14. The number of hydrogen-bond donors (Lipinski definition) is 8. The largest absolute Gasteiger partial charge is 0.460 e. The van der Waals surface area contributed by atoms with Gasteiger partial charge in [-0.3, -0.25) is 0 Å². The molecule has 3 heterocycles. The molecule has 0 radical (unpaired) electrons. The SMILES string of the molecule is C=CC(=O)OC[C@H]1O[C@H](O)[C@H](O)[C@@H](O)[C@@H]1O[C@H]1O[C@H](COC(=O)C=C)[C@@H](O[C@H]2O[C@H](COCCCC)[C@@H](O)[C@H](O)[C@H]2O)[C@H](O)[C@H]1O. The minimum absolute atomic E-state index is 0.178. The molecule has 18 heteroatoms. The van der Waals surface area contributed by atoms with Crippen LogP contribution in [-0.2, 0) is 47.5 Å². The lowest BCUT2D eigenvalue weighted by Gasteiger charge is -2.48. The number of carbonyl (C=O) groups excluding carboxylic acids is 2. The zero-order valence-electron chi connectivity index (χ0n) is 25.1. The smallest absolute Gasteiger partial charge is 0.330 e. The summed E-state index contributed by atoms with van der Waals surface area (Å²) in [4.78, 5) is 23.4. The average Bonchev–Trinajstić information content (AvgIpc) is 3.05. The molecule has 0 bridgehead atoms. The molecule has 264 valence electrons. The van der Waals surface area contributed by atoms with Crippen molar-refractivity contribution in [3.63, 3.8) is 0 Å². The van der Waals surface area contributed by atoms with E-state index in [1.54, 1.807) is 0 Å². The van der Waals surface area contributed by atoms with E-state index in [9.17, 15) is 50.4 Å². The van der Waals surface area contributed by atoms with Crippen LogP contribution >= 0.6 is 0 Å². The highest BCUT2D eigenvalue weighted by molar-refractivity contribution is 5.81. The molecule has 8 N–H and O–H groups in total. The van der Waals surface area contributed by atoms with Crippen molar-refractivity contribution < 1.29 is 88.3 Å². The van der Waals surface area contributed by atoms with Gasteiger partial charge in [0.15, 0.2) is 18.9 Å². The maximum atomic E-state index is 11.9. The van der Waals surface area contributed by atoms with E-state index in [4.69, 9.17) is 37.9 Å². The van der Waals surface area contributed by atoms with E-state index >= 15 is 0 Å². The lowest BCUT2D eigenvalue weighted by Crippen LogP contribution is -2.66. The highest BCUT2D eigenvalue weighted by Crippen LogP contribution is 2.32. The van der Waals surface area contributed by atoms with E-state index in [1.807, 2.05) is 6.92 Å². The van der Waals surface area contributed by atoms with Crippen molar-refractivity contribution in [2.45, 2.75) is 112 Å². The van der Waals surface area contributed by atoms with Gasteiger partial charge in [0.2, 0.25) is 0 Å². The quantitative estimate of drug-likeness (QED) is 0.0466. The Morgan fingerprint density at radius 3 is 1.63 bits per heavy atom. The molecule has 0 saturated carbocycles. The Morgan fingerprint density at radius 1 is 0.630 bits per heavy atom. The molecule has 46 heavy (non-hydrogen) atoms. The van der Waals surface area contributed by atoms with Crippen LogP contribution in [0.15, 0.2) is 25.3 Å². The van der Waals surface area contributed by atoms with Crippen LogP contribution in [0.5, 0.6) is 0 Å². The Morgan fingerprint density at radius 2 is 1.11 bits per heavy atom. The normalized spacial score (nSPS) is 41.4. The van der Waals surface area contributed by atoms with Crippen molar-refractivity contribution in [1.29, 1.82) is 0 Å². The lowest BCUT2D eigenvalue weighted by atomic mass is 9.96. The van der Waals surface area contributed by atoms with Crippen molar-refractivity contribution in [3.05, 3.63) is 25.3 Å². The molecule has 0 spiro atoms. The van der Waals surface area contributed by atoms with Crippen molar-refractivity contribution in [1.82, 2.24) is 0 Å². The molecular weight excluding hydrogens is 624 g/mol. The third kappa shape index (κ3) is 9.48. The first-order valence-corrected chi connectivity index (χ1v) is 14.7. The molecule has 0 aromatic carbocycles. The van der Waals surface area contributed by atoms with Gasteiger partial charge in [0.05, 0.1) is 6.61 Å². The summed E-state index contributed by atoms with van der Waals surface area (Å²) < 4.78 is 43.5. The first kappa shape index (κ1) is 38.3. The summed E-state index contributed by atoms with van der Waals surface area (Å²) in [6.45, 7) is 7.38. The highest BCUT2D eigenvalue weighted by Gasteiger charge is 2.53. The average molecular weight is 669 g/mol. The van der Waals surface area contributed by atoms with E-state index in [2.05, 4.69) is 13.2 Å². The molecule has 0 aliphatic carbocycles. The summed E-state index contributed by atoms with van der Waals surface area (Å²) in [5.41, 5.74) is 0. The van der Waals surface area contributed by atoms with Crippen molar-refractivity contribution >= 4 is 11.9 Å². The lowest BCUT2D eigenvalue weighted by molar-refractivity contribution is -0.378. The third-order valence-corrected chi connectivity index (χ3v) is 7.59. The summed E-state index contributed by atoms with van der Waals surface area (Å²) in [6.07, 6.45) is -22.5. The number of unbranched alkanes of at least 4 members (excludes halogenated alkanes) is 1. The van der Waals surface area contributed by atoms with Gasteiger partial charge in [-0.2, -0.15) is 0 Å². The molecule has 3 fully saturated rings. The minimum atomic E-state index is -1.99. The Bertz CT molecular complexity index is 998. The second kappa shape index (κ2) is 17.9. The van der Waals surface area contributed by atoms with Gasteiger partial charge in [-0.1, -0.05) is 26.5 Å². The summed E-state index contributed by atoms with van der Waals surface area (Å²) in [5.74, 6) is -1.79. The Labute approximate surface area is 264 Å². The van der Waals surface area contributed by atoms with Gasteiger partial charge >= 0.3 is 11.9 Å². The molecule has 3 rings (SSSR count). The van der Waals surface area contributed by atoms with Gasteiger partial charge in [0.1, 0.15) is 86.5 Å². The number of esters is 2. The topological polar surface area (TPSA) is 270 Å². The maximum absolute atomic E-state index is 11.9. The van der Waals surface area contributed by atoms with Crippen LogP contribution < -0.4 is 0 Å². The van der Waals surface area contributed by atoms with Crippen LogP contribution in [0.25, 0.3) is 0 Å². The fraction of sp³-hybridized carbons (Fsp3) is 0.786. The van der Waals surface area contributed by atoms with E-state index in [0.717, 1.165) is 25.0 Å². The number of ether oxygens (including phenoxy) is 8. The standard InChI is InChI=1S/C28H44O18/c1-4-7-8-39-9-12-17(31)18(32)22(36)27(43-12)46-25-14(11-41-16(30)6-3)44-28(23(37)20(25)34)45-24-13(10-40-15(29)5-2)42-26(38)21(35)19(24)33/h5-6,12-14,17-28,31-38H,2-4,7-11H2,1H3/t12-,13-,14-,17-,18+,19-,20-,21-,22-,23-,24-,25-,26+,27-,28-/m1/s1. The molecular formula is C28H44O18. The highest BCUT2D eigenvalue weighted by atomic mass is 16.8. The van der Waals surface area contributed by atoms with Crippen LogP contribution in [-0.4, -0.2) is 171 Å². The minimum Gasteiger partial charge on any atom is -0.460 e. The maximum Gasteiger partial charge on any atom is 0.330 e. The summed E-state index contributed by atoms with van der Waals surface area (Å²) in [7, 11) is 0. The van der Waals surface area contributed by atoms with Gasteiger partial charge in [-0.15, -0.1) is 0 Å². The van der Waals surface area contributed by atoms with E-state index in [0.29, 0.717) is 6.61 Å². The molecule has 3 aliphatic heterocycles. The van der Waals surface area contributed by atoms with Crippen LogP contribution in [0.1, 0.15) is 19.8 Å². The van der Waals surface area contributed by atoms with Crippen LogP contribution in [0.3, 0.4) is 0 Å². The predicted molar refractivity (Wildman–Crippen MR) is 148 cm³/mol. The van der Waals surface area contributed by atoms with Crippen molar-refractivity contribution in [3.8, 4) is 0 Å². The fourth-order valence-electron chi connectivity index (χ4n) is 4.91. The van der Waals surface area contributed by atoms with Crippen LogP contribution in [0.2, 0.25) is 0 Å². The molecule has 18 nitrogen and oxygen atoms in total. The second-order valence-electron chi connectivity index (χ2n) is 10.9. The number of aliphatic hydroxyl groups is 8. The second-order valence-corrected chi connectivity index (χ2v) is 10.9. The summed E-state index contributed by atoms with van der Waals surface area (Å²) >= 11 is 0. The van der Waals surface area contributed by atoms with Crippen molar-refractivity contribution in [2.24, 2.45) is 0 Å². The first-order valence-electron chi connectivity index (χ1n) is 14.7. The third-order valence-electron chi connectivity index (χ3n) is 7.59. The van der Waals surface area contributed by atoms with Crippen LogP contribution in [0.4, 0.5) is 0 Å². The molecule has 15 atom stereocenters. The molecule has 0 aromatic rings. The van der Waals surface area contributed by atoms with Gasteiger partial charge < -0.3 is 78.7 Å². The molecule has 3 saturated heterocycles. The van der Waals surface area contributed by atoms with Gasteiger partial charge in [-0.25, -0.2) is 9.59 Å². The fourth-order valence-corrected chi connectivity index (χ4v) is 4.91.